The molecule has 0 aliphatic rings. The predicted octanol–water partition coefficient (Wildman–Crippen LogP) is -0.718. The molecule has 0 saturated carbocycles. The minimum Gasteiger partial charge on any atom is -0.370 e. The van der Waals surface area contributed by atoms with Crippen LogP contribution in [0.1, 0.15) is 19.3 Å². The minimum atomic E-state index is -0.385. The van der Waals surface area contributed by atoms with Crippen LogP contribution in [0.3, 0.4) is 0 Å². The highest BCUT2D eigenvalue weighted by Gasteiger charge is 1.98. The fourth-order valence-corrected chi connectivity index (χ4v) is 0.625. The van der Waals surface area contributed by atoms with E-state index in [1.165, 1.54) is 0 Å². The number of hydrogen-bond acceptors (Lipinski definition) is 3. The molecule has 66 valence electrons. The van der Waals surface area contributed by atoms with Gasteiger partial charge in [0.1, 0.15) is 6.42 Å². The van der Waals surface area contributed by atoms with Crippen LogP contribution in [0.25, 0.3) is 0 Å². The number of primary amides is 1. The van der Waals surface area contributed by atoms with Crippen LogP contribution in [-0.4, -0.2) is 18.4 Å². The third-order valence-electron chi connectivity index (χ3n) is 1.16. The molecular weight excluding hydrogens is 158 g/mol. The predicted molar refractivity (Wildman–Crippen MR) is 41.7 cm³/mol. The van der Waals surface area contributed by atoms with Crippen LogP contribution >= 0.6 is 0 Å². The molecule has 0 aromatic carbocycles. The lowest BCUT2D eigenvalue weighted by Gasteiger charge is -1.99. The summed E-state index contributed by atoms with van der Waals surface area (Å²) in [5.74, 6) is -0.702. The summed E-state index contributed by atoms with van der Waals surface area (Å²) < 4.78 is 0. The summed E-state index contributed by atoms with van der Waals surface area (Å²) in [5, 5.41) is 10.6. The summed E-state index contributed by atoms with van der Waals surface area (Å²) in [6.07, 6.45) is 0.635. The molecule has 5 nitrogen and oxygen atoms in total. The van der Waals surface area contributed by atoms with E-state index in [0.717, 1.165) is 0 Å². The lowest BCUT2D eigenvalue weighted by molar-refractivity contribution is -0.121. The fourth-order valence-electron chi connectivity index (χ4n) is 0.625. The second-order valence-corrected chi connectivity index (χ2v) is 2.25. The first kappa shape index (κ1) is 10.4. The van der Waals surface area contributed by atoms with Crippen molar-refractivity contribution in [1.29, 1.82) is 5.26 Å². The summed E-state index contributed by atoms with van der Waals surface area (Å²) in [6, 6.07) is 1.71. The molecule has 0 heterocycles. The molecule has 0 saturated heterocycles. The fraction of sp³-hybridized carbons (Fsp3) is 0.571. The molecular formula is C7H11N3O2. The number of amides is 2. The van der Waals surface area contributed by atoms with Gasteiger partial charge in [0, 0.05) is 13.0 Å². The standard InChI is InChI=1S/C7H11N3O2/c8-4-3-7(12)10-5-1-2-6(9)11/h1-3,5H2,(H2,9,11)(H,10,12). The monoisotopic (exact) mass is 169 g/mol. The molecule has 2 amide bonds. The summed E-state index contributed by atoms with van der Waals surface area (Å²) in [7, 11) is 0. The Labute approximate surface area is 70.5 Å². The van der Waals surface area contributed by atoms with Crippen LogP contribution in [0.4, 0.5) is 0 Å². The third kappa shape index (κ3) is 6.55. The maximum absolute atomic E-state index is 10.6. The van der Waals surface area contributed by atoms with E-state index >= 15 is 0 Å². The Morgan fingerprint density at radius 2 is 2.17 bits per heavy atom. The normalized spacial score (nSPS) is 8.58. The number of carbonyl (C=O) groups excluding carboxylic acids is 2. The second-order valence-electron chi connectivity index (χ2n) is 2.25. The Kier molecular flexibility index (Phi) is 5.35. The number of nitrogens with one attached hydrogen (secondary N) is 1. The smallest absolute Gasteiger partial charge is 0.234 e. The quantitative estimate of drug-likeness (QED) is 0.531. The summed E-state index contributed by atoms with van der Waals surface area (Å²) in [6.45, 7) is 0.392. The summed E-state index contributed by atoms with van der Waals surface area (Å²) in [5.41, 5.74) is 4.86. The SMILES string of the molecule is N#CCC(=O)NCCCC(N)=O. The highest BCUT2D eigenvalue weighted by molar-refractivity contribution is 5.78. The van der Waals surface area contributed by atoms with Crippen LogP contribution in [0.5, 0.6) is 0 Å². The molecule has 5 heteroatoms. The topological polar surface area (TPSA) is 96.0 Å². The molecule has 0 fully saturated rings. The Bertz CT molecular complexity index is 207. The van der Waals surface area contributed by atoms with Gasteiger partial charge < -0.3 is 11.1 Å². The molecule has 0 aliphatic heterocycles. The average molecular weight is 169 g/mol. The van der Waals surface area contributed by atoms with Crippen molar-refractivity contribution in [2.75, 3.05) is 6.54 Å². The Hall–Kier alpha value is -1.57. The van der Waals surface area contributed by atoms with Crippen LogP contribution < -0.4 is 11.1 Å². The van der Waals surface area contributed by atoms with E-state index in [0.29, 0.717) is 13.0 Å². The maximum Gasteiger partial charge on any atom is 0.234 e. The molecule has 12 heavy (non-hydrogen) atoms. The van der Waals surface area contributed by atoms with Crippen molar-refractivity contribution in [3.63, 3.8) is 0 Å². The number of rotatable bonds is 5. The lowest BCUT2D eigenvalue weighted by atomic mass is 10.3. The van der Waals surface area contributed by atoms with Gasteiger partial charge in [0.2, 0.25) is 11.8 Å². The van der Waals surface area contributed by atoms with Crippen molar-refractivity contribution in [1.82, 2.24) is 5.32 Å². The van der Waals surface area contributed by atoms with Crippen LogP contribution in [0.15, 0.2) is 0 Å². The van der Waals surface area contributed by atoms with Crippen molar-refractivity contribution in [3.8, 4) is 6.07 Å². The molecule has 0 rings (SSSR count). The Morgan fingerprint density at radius 3 is 2.67 bits per heavy atom. The highest BCUT2D eigenvalue weighted by atomic mass is 16.2. The molecule has 0 atom stereocenters. The van der Waals surface area contributed by atoms with Crippen molar-refractivity contribution in [2.24, 2.45) is 5.73 Å². The lowest BCUT2D eigenvalue weighted by Crippen LogP contribution is -2.24. The van der Waals surface area contributed by atoms with Gasteiger partial charge in [0.25, 0.3) is 0 Å². The molecule has 0 spiro atoms. The summed E-state index contributed by atoms with van der Waals surface area (Å²) >= 11 is 0. The van der Waals surface area contributed by atoms with Crippen molar-refractivity contribution >= 4 is 11.8 Å². The van der Waals surface area contributed by atoms with Gasteiger partial charge in [-0.15, -0.1) is 0 Å². The van der Waals surface area contributed by atoms with Crippen molar-refractivity contribution in [2.45, 2.75) is 19.3 Å². The van der Waals surface area contributed by atoms with Crippen LogP contribution in [0.2, 0.25) is 0 Å². The molecule has 0 aromatic heterocycles. The summed E-state index contributed by atoms with van der Waals surface area (Å²) in [4.78, 5) is 20.9. The van der Waals surface area contributed by atoms with Gasteiger partial charge in [-0.2, -0.15) is 5.26 Å². The highest BCUT2D eigenvalue weighted by Crippen LogP contribution is 1.84. The van der Waals surface area contributed by atoms with E-state index in [1.54, 1.807) is 6.07 Å². The zero-order chi connectivity index (χ0) is 9.40. The zero-order valence-corrected chi connectivity index (χ0v) is 6.67. The molecule has 0 aliphatic carbocycles. The molecule has 0 aromatic rings. The van der Waals surface area contributed by atoms with E-state index in [2.05, 4.69) is 5.32 Å². The molecule has 0 radical (unpaired) electrons. The second kappa shape index (κ2) is 6.16. The average Bonchev–Trinajstić information content (AvgIpc) is 1.98. The molecule has 0 unspecified atom stereocenters. The van der Waals surface area contributed by atoms with Crippen molar-refractivity contribution in [3.05, 3.63) is 0 Å². The van der Waals surface area contributed by atoms with Gasteiger partial charge in [-0.25, -0.2) is 0 Å². The first-order chi connectivity index (χ1) is 5.66. The van der Waals surface area contributed by atoms with Gasteiger partial charge in [0.15, 0.2) is 0 Å². The number of nitrogens with two attached hydrogens (primary N) is 1. The Morgan fingerprint density at radius 1 is 1.50 bits per heavy atom. The first-order valence-electron chi connectivity index (χ1n) is 3.58. The van der Waals surface area contributed by atoms with E-state index in [1.807, 2.05) is 0 Å². The van der Waals surface area contributed by atoms with Crippen LogP contribution in [-0.2, 0) is 9.59 Å². The number of nitrogens with zero attached hydrogens (tertiary/aromatic N) is 1. The molecule has 3 N–H and O–H groups in total. The van der Waals surface area contributed by atoms with Crippen LogP contribution in [0, 0.1) is 11.3 Å². The van der Waals surface area contributed by atoms with E-state index in [4.69, 9.17) is 11.0 Å². The minimum absolute atomic E-state index is 0.142. The van der Waals surface area contributed by atoms with E-state index in [-0.39, 0.29) is 24.7 Å². The van der Waals surface area contributed by atoms with E-state index in [9.17, 15) is 9.59 Å². The van der Waals surface area contributed by atoms with Gasteiger partial charge >= 0.3 is 0 Å². The van der Waals surface area contributed by atoms with E-state index < -0.39 is 0 Å². The third-order valence-corrected chi connectivity index (χ3v) is 1.16. The van der Waals surface area contributed by atoms with Crippen molar-refractivity contribution < 1.29 is 9.59 Å². The Balaban J connectivity index is 3.27. The number of hydrogen-bond donors (Lipinski definition) is 2. The largest absolute Gasteiger partial charge is 0.370 e. The number of carbonyl (C=O) groups is 2. The maximum atomic E-state index is 10.6. The first-order valence-corrected chi connectivity index (χ1v) is 3.58. The van der Waals surface area contributed by atoms with Gasteiger partial charge in [0.05, 0.1) is 6.07 Å². The van der Waals surface area contributed by atoms with Gasteiger partial charge in [-0.05, 0) is 6.42 Å². The van der Waals surface area contributed by atoms with Gasteiger partial charge in [-0.1, -0.05) is 0 Å². The molecule has 0 bridgehead atoms. The number of nitriles is 1. The zero-order valence-electron chi connectivity index (χ0n) is 6.67. The van der Waals surface area contributed by atoms with Gasteiger partial charge in [-0.3, -0.25) is 9.59 Å².